The van der Waals surface area contributed by atoms with Crippen molar-refractivity contribution in [2.24, 2.45) is 0 Å². The fourth-order valence-corrected chi connectivity index (χ4v) is 3.74. The van der Waals surface area contributed by atoms with Crippen LogP contribution in [0.1, 0.15) is 56.3 Å². The molecule has 0 spiro atoms. The Balaban J connectivity index is 1.83. The molecule has 0 aliphatic heterocycles. The van der Waals surface area contributed by atoms with Crippen LogP contribution in [0, 0.1) is 0 Å². The summed E-state index contributed by atoms with van der Waals surface area (Å²) < 4.78 is 5.52. The van der Waals surface area contributed by atoms with Crippen LogP contribution in [0.4, 0.5) is 5.82 Å². The Morgan fingerprint density at radius 1 is 1.26 bits per heavy atom. The molecule has 0 atom stereocenters. The quantitative estimate of drug-likeness (QED) is 0.745. The molecule has 1 aliphatic rings. The molecular formula is C22H31N3O2. The SMILES string of the molecule is CC(C)OCCNC(=O)c1cc(N(C)C2CCCCC2)nc2ccccc12. The van der Waals surface area contributed by atoms with E-state index in [1.54, 1.807) is 0 Å². The number of fused-ring (bicyclic) bond motifs is 1. The second kappa shape index (κ2) is 9.18. The molecule has 0 radical (unpaired) electrons. The van der Waals surface area contributed by atoms with Gasteiger partial charge in [0.05, 0.1) is 23.8 Å². The number of para-hydroxylation sites is 1. The smallest absolute Gasteiger partial charge is 0.252 e. The number of amides is 1. The fraction of sp³-hybridized carbons (Fsp3) is 0.545. The lowest BCUT2D eigenvalue weighted by Crippen LogP contribution is -2.34. The van der Waals surface area contributed by atoms with Crippen molar-refractivity contribution in [2.45, 2.75) is 58.1 Å². The number of nitrogens with one attached hydrogen (secondary N) is 1. The molecule has 1 amide bonds. The standard InChI is InChI=1S/C22H31N3O2/c1-16(2)27-14-13-23-22(26)19-15-21(24-20-12-8-7-11-18(19)20)25(3)17-9-5-4-6-10-17/h7-8,11-12,15-17H,4-6,9-10,13-14H2,1-3H3,(H,23,26). The number of aromatic nitrogens is 1. The van der Waals surface area contributed by atoms with Crippen LogP contribution in [0.15, 0.2) is 30.3 Å². The van der Waals surface area contributed by atoms with Crippen LogP contribution in [0.5, 0.6) is 0 Å². The topological polar surface area (TPSA) is 54.5 Å². The van der Waals surface area contributed by atoms with Crippen molar-refractivity contribution in [1.82, 2.24) is 10.3 Å². The van der Waals surface area contributed by atoms with Gasteiger partial charge in [-0.15, -0.1) is 0 Å². The maximum absolute atomic E-state index is 12.8. The zero-order chi connectivity index (χ0) is 19.2. The Morgan fingerprint density at radius 3 is 2.74 bits per heavy atom. The van der Waals surface area contributed by atoms with Crippen molar-refractivity contribution in [3.8, 4) is 0 Å². The average molecular weight is 370 g/mol. The number of carbonyl (C=O) groups excluding carboxylic acids is 1. The summed E-state index contributed by atoms with van der Waals surface area (Å²) in [6.07, 6.45) is 6.41. The highest BCUT2D eigenvalue weighted by molar-refractivity contribution is 6.07. The summed E-state index contributed by atoms with van der Waals surface area (Å²) in [5, 5.41) is 3.87. The first-order valence-electron chi connectivity index (χ1n) is 10.1. The molecule has 0 saturated heterocycles. The summed E-state index contributed by atoms with van der Waals surface area (Å²) in [4.78, 5) is 19.9. The molecule has 5 heteroatoms. The van der Waals surface area contributed by atoms with Crippen LogP contribution in [0.3, 0.4) is 0 Å². The van der Waals surface area contributed by atoms with E-state index in [0.717, 1.165) is 16.7 Å². The molecule has 1 saturated carbocycles. The van der Waals surface area contributed by atoms with Crippen LogP contribution < -0.4 is 10.2 Å². The molecule has 1 N–H and O–H groups in total. The maximum atomic E-state index is 12.8. The third-order valence-corrected chi connectivity index (χ3v) is 5.27. The lowest BCUT2D eigenvalue weighted by atomic mass is 9.94. The van der Waals surface area contributed by atoms with Gasteiger partial charge < -0.3 is 15.0 Å². The molecule has 1 aromatic heterocycles. The van der Waals surface area contributed by atoms with Crippen molar-refractivity contribution in [2.75, 3.05) is 25.1 Å². The van der Waals surface area contributed by atoms with Crippen molar-refractivity contribution >= 4 is 22.6 Å². The molecule has 0 unspecified atom stereocenters. The van der Waals surface area contributed by atoms with Crippen LogP contribution >= 0.6 is 0 Å². The molecule has 146 valence electrons. The Morgan fingerprint density at radius 2 is 2.00 bits per heavy atom. The van der Waals surface area contributed by atoms with Gasteiger partial charge in [-0.3, -0.25) is 4.79 Å². The first-order chi connectivity index (χ1) is 13.1. The van der Waals surface area contributed by atoms with Crippen LogP contribution in [-0.4, -0.2) is 43.2 Å². The Kier molecular flexibility index (Phi) is 6.67. The lowest BCUT2D eigenvalue weighted by molar-refractivity contribution is 0.0747. The van der Waals surface area contributed by atoms with E-state index in [4.69, 9.17) is 9.72 Å². The van der Waals surface area contributed by atoms with Crippen LogP contribution in [0.25, 0.3) is 10.9 Å². The van der Waals surface area contributed by atoms with E-state index in [9.17, 15) is 4.79 Å². The summed E-state index contributed by atoms with van der Waals surface area (Å²) in [5.41, 5.74) is 1.55. The maximum Gasteiger partial charge on any atom is 0.252 e. The minimum Gasteiger partial charge on any atom is -0.377 e. The zero-order valence-electron chi connectivity index (χ0n) is 16.7. The Bertz CT molecular complexity index is 769. The number of rotatable bonds is 7. The van der Waals surface area contributed by atoms with E-state index in [1.807, 2.05) is 44.2 Å². The number of hydrogen-bond donors (Lipinski definition) is 1. The molecule has 1 aromatic carbocycles. The molecule has 3 rings (SSSR count). The van der Waals surface area contributed by atoms with Crippen molar-refractivity contribution in [3.05, 3.63) is 35.9 Å². The molecular weight excluding hydrogens is 338 g/mol. The van der Waals surface area contributed by atoms with E-state index in [1.165, 1.54) is 32.1 Å². The van der Waals surface area contributed by atoms with E-state index in [0.29, 0.717) is 24.8 Å². The highest BCUT2D eigenvalue weighted by atomic mass is 16.5. The first kappa shape index (κ1) is 19.6. The summed E-state index contributed by atoms with van der Waals surface area (Å²) in [6.45, 7) is 5.00. The monoisotopic (exact) mass is 369 g/mol. The van der Waals surface area contributed by atoms with Gasteiger partial charge in [0, 0.05) is 25.0 Å². The number of benzene rings is 1. The van der Waals surface area contributed by atoms with E-state index in [-0.39, 0.29) is 12.0 Å². The van der Waals surface area contributed by atoms with Gasteiger partial charge in [-0.25, -0.2) is 4.98 Å². The molecule has 1 aliphatic carbocycles. The molecule has 0 bridgehead atoms. The predicted molar refractivity (Wildman–Crippen MR) is 110 cm³/mol. The minimum absolute atomic E-state index is 0.0701. The zero-order valence-corrected chi connectivity index (χ0v) is 16.7. The second-order valence-electron chi connectivity index (χ2n) is 7.62. The fourth-order valence-electron chi connectivity index (χ4n) is 3.74. The van der Waals surface area contributed by atoms with E-state index < -0.39 is 0 Å². The first-order valence-corrected chi connectivity index (χ1v) is 10.1. The summed E-state index contributed by atoms with van der Waals surface area (Å²) in [5.74, 6) is 0.809. The number of ether oxygens (including phenoxy) is 1. The third-order valence-electron chi connectivity index (χ3n) is 5.27. The van der Waals surface area contributed by atoms with Crippen molar-refractivity contribution in [1.29, 1.82) is 0 Å². The van der Waals surface area contributed by atoms with Gasteiger partial charge in [0.15, 0.2) is 0 Å². The number of pyridine rings is 1. The molecule has 5 nitrogen and oxygen atoms in total. The van der Waals surface area contributed by atoms with Gasteiger partial charge in [0.2, 0.25) is 0 Å². The highest BCUT2D eigenvalue weighted by Crippen LogP contribution is 2.28. The lowest BCUT2D eigenvalue weighted by Gasteiger charge is -2.32. The summed E-state index contributed by atoms with van der Waals surface area (Å²) in [6, 6.07) is 10.3. The summed E-state index contributed by atoms with van der Waals surface area (Å²) >= 11 is 0. The predicted octanol–water partition coefficient (Wildman–Crippen LogP) is 4.16. The largest absolute Gasteiger partial charge is 0.377 e. The Labute approximate surface area is 162 Å². The molecule has 27 heavy (non-hydrogen) atoms. The van der Waals surface area contributed by atoms with Gasteiger partial charge >= 0.3 is 0 Å². The van der Waals surface area contributed by atoms with E-state index >= 15 is 0 Å². The highest BCUT2D eigenvalue weighted by Gasteiger charge is 2.21. The van der Waals surface area contributed by atoms with Gasteiger partial charge in [-0.2, -0.15) is 0 Å². The normalized spacial score (nSPS) is 15.3. The number of carbonyl (C=O) groups is 1. The Hall–Kier alpha value is -2.14. The van der Waals surface area contributed by atoms with E-state index in [2.05, 4.69) is 17.3 Å². The van der Waals surface area contributed by atoms with Gasteiger partial charge in [-0.1, -0.05) is 37.5 Å². The van der Waals surface area contributed by atoms with Crippen LogP contribution in [0.2, 0.25) is 0 Å². The summed E-state index contributed by atoms with van der Waals surface area (Å²) in [7, 11) is 2.10. The minimum atomic E-state index is -0.0701. The van der Waals surface area contributed by atoms with Crippen molar-refractivity contribution in [3.63, 3.8) is 0 Å². The molecule has 1 fully saturated rings. The second-order valence-corrected chi connectivity index (χ2v) is 7.62. The van der Waals surface area contributed by atoms with Gasteiger partial charge in [0.25, 0.3) is 5.91 Å². The molecule has 1 heterocycles. The van der Waals surface area contributed by atoms with Gasteiger partial charge in [0.1, 0.15) is 5.82 Å². The number of hydrogen-bond acceptors (Lipinski definition) is 4. The third kappa shape index (κ3) is 4.98. The number of anilines is 1. The molecule has 2 aromatic rings. The van der Waals surface area contributed by atoms with Crippen molar-refractivity contribution < 1.29 is 9.53 Å². The van der Waals surface area contributed by atoms with Crippen LogP contribution in [-0.2, 0) is 4.74 Å². The van der Waals surface area contributed by atoms with Gasteiger partial charge in [-0.05, 0) is 38.8 Å². The average Bonchev–Trinajstić information content (AvgIpc) is 2.70. The number of nitrogens with zero attached hydrogens (tertiary/aromatic N) is 2.